The van der Waals surface area contributed by atoms with Crippen molar-refractivity contribution in [2.75, 3.05) is 11.9 Å². The Morgan fingerprint density at radius 1 is 1.10 bits per heavy atom. The Balaban J connectivity index is 1.53. The molecule has 1 aliphatic rings. The van der Waals surface area contributed by atoms with Crippen LogP contribution in [0.15, 0.2) is 30.3 Å². The molecule has 1 aromatic heterocycles. The van der Waals surface area contributed by atoms with E-state index in [4.69, 9.17) is 9.47 Å². The van der Waals surface area contributed by atoms with Gasteiger partial charge >= 0.3 is 11.9 Å². The largest absolute Gasteiger partial charge is 0.459 e. The SMILES string of the molecule is Cc1cc(C(=O)OCC(=O)Nc2ccc(C(=O)OC(C)C)cc2)c(C)n1C1CC1. The summed E-state index contributed by atoms with van der Waals surface area (Å²) in [5.41, 5.74) is 3.29. The molecule has 1 aromatic carbocycles. The Labute approximate surface area is 170 Å². The third-order valence-electron chi connectivity index (χ3n) is 4.70. The Kier molecular flexibility index (Phi) is 6.06. The molecule has 0 spiro atoms. The first-order valence-electron chi connectivity index (χ1n) is 9.72. The van der Waals surface area contributed by atoms with Gasteiger partial charge in [0.1, 0.15) is 0 Å². The summed E-state index contributed by atoms with van der Waals surface area (Å²) in [6, 6.07) is 8.61. The van der Waals surface area contributed by atoms with Crippen molar-refractivity contribution in [1.29, 1.82) is 0 Å². The fraction of sp³-hybridized carbons (Fsp3) is 0.409. The molecule has 0 saturated heterocycles. The number of aromatic nitrogens is 1. The van der Waals surface area contributed by atoms with Crippen molar-refractivity contribution in [1.82, 2.24) is 4.57 Å². The number of nitrogens with one attached hydrogen (secondary N) is 1. The molecule has 0 bridgehead atoms. The van der Waals surface area contributed by atoms with Crippen LogP contribution in [0.2, 0.25) is 0 Å². The van der Waals surface area contributed by atoms with Crippen LogP contribution >= 0.6 is 0 Å². The maximum Gasteiger partial charge on any atom is 0.340 e. The summed E-state index contributed by atoms with van der Waals surface area (Å²) >= 11 is 0. The Morgan fingerprint density at radius 3 is 2.34 bits per heavy atom. The van der Waals surface area contributed by atoms with E-state index in [0.29, 0.717) is 22.9 Å². The van der Waals surface area contributed by atoms with Crippen molar-refractivity contribution >= 4 is 23.5 Å². The van der Waals surface area contributed by atoms with E-state index in [0.717, 1.165) is 24.2 Å². The number of nitrogens with zero attached hydrogens (tertiary/aromatic N) is 1. The number of carbonyl (C=O) groups excluding carboxylic acids is 3. The van der Waals surface area contributed by atoms with Gasteiger partial charge in [-0.2, -0.15) is 0 Å². The fourth-order valence-electron chi connectivity index (χ4n) is 3.26. The van der Waals surface area contributed by atoms with Crippen molar-refractivity contribution in [3.05, 3.63) is 52.8 Å². The molecule has 0 radical (unpaired) electrons. The number of rotatable bonds is 7. The first-order chi connectivity index (χ1) is 13.8. The van der Waals surface area contributed by atoms with Crippen LogP contribution in [-0.2, 0) is 14.3 Å². The molecule has 1 aliphatic carbocycles. The lowest BCUT2D eigenvalue weighted by atomic mass is 10.2. The number of esters is 2. The van der Waals surface area contributed by atoms with E-state index >= 15 is 0 Å². The van der Waals surface area contributed by atoms with Crippen LogP contribution in [0.4, 0.5) is 5.69 Å². The molecule has 29 heavy (non-hydrogen) atoms. The maximum absolute atomic E-state index is 12.4. The Bertz CT molecular complexity index is 923. The first-order valence-corrected chi connectivity index (χ1v) is 9.72. The lowest BCUT2D eigenvalue weighted by Crippen LogP contribution is -2.21. The van der Waals surface area contributed by atoms with E-state index in [-0.39, 0.29) is 12.7 Å². The van der Waals surface area contributed by atoms with Gasteiger partial charge in [0.2, 0.25) is 0 Å². The number of hydrogen-bond acceptors (Lipinski definition) is 5. The molecule has 3 rings (SSSR count). The van der Waals surface area contributed by atoms with Crippen molar-refractivity contribution < 1.29 is 23.9 Å². The number of benzene rings is 1. The standard InChI is InChI=1S/C22H26N2O5/c1-13(2)29-21(26)16-5-7-17(8-6-16)23-20(25)12-28-22(27)19-11-14(3)24(15(19)4)18-9-10-18/h5-8,11,13,18H,9-10,12H2,1-4H3,(H,23,25). The summed E-state index contributed by atoms with van der Waals surface area (Å²) in [5.74, 6) is -1.38. The molecule has 0 aliphatic heterocycles. The van der Waals surface area contributed by atoms with E-state index in [1.54, 1.807) is 38.1 Å². The molecule has 0 unspecified atom stereocenters. The van der Waals surface area contributed by atoms with Crippen molar-refractivity contribution in [3.63, 3.8) is 0 Å². The second kappa shape index (κ2) is 8.51. The van der Waals surface area contributed by atoms with E-state index < -0.39 is 17.8 Å². The van der Waals surface area contributed by atoms with E-state index in [1.807, 2.05) is 19.9 Å². The Morgan fingerprint density at radius 2 is 1.76 bits per heavy atom. The van der Waals surface area contributed by atoms with Gasteiger partial charge < -0.3 is 19.4 Å². The van der Waals surface area contributed by atoms with Gasteiger partial charge in [-0.25, -0.2) is 9.59 Å². The summed E-state index contributed by atoms with van der Waals surface area (Å²) < 4.78 is 12.5. The molecule has 7 heteroatoms. The van der Waals surface area contributed by atoms with Crippen molar-refractivity contribution in [2.45, 2.75) is 52.7 Å². The number of amides is 1. The number of anilines is 1. The van der Waals surface area contributed by atoms with E-state index in [1.165, 1.54) is 0 Å². The minimum Gasteiger partial charge on any atom is -0.459 e. The predicted molar refractivity (Wildman–Crippen MR) is 108 cm³/mol. The summed E-state index contributed by atoms with van der Waals surface area (Å²) in [7, 11) is 0. The number of ether oxygens (including phenoxy) is 2. The van der Waals surface area contributed by atoms with Crippen LogP contribution < -0.4 is 5.32 Å². The minimum atomic E-state index is -0.507. The third-order valence-corrected chi connectivity index (χ3v) is 4.70. The van der Waals surface area contributed by atoms with E-state index in [2.05, 4.69) is 9.88 Å². The smallest absolute Gasteiger partial charge is 0.340 e. The monoisotopic (exact) mass is 398 g/mol. The zero-order valence-electron chi connectivity index (χ0n) is 17.2. The molecule has 1 heterocycles. The molecule has 1 fully saturated rings. The van der Waals surface area contributed by atoms with Crippen LogP contribution in [-0.4, -0.2) is 35.1 Å². The highest BCUT2D eigenvalue weighted by atomic mass is 16.5. The molecular weight excluding hydrogens is 372 g/mol. The van der Waals surface area contributed by atoms with Crippen LogP contribution in [0.5, 0.6) is 0 Å². The van der Waals surface area contributed by atoms with Gasteiger partial charge in [0, 0.05) is 23.1 Å². The summed E-state index contributed by atoms with van der Waals surface area (Å²) in [5, 5.41) is 2.64. The van der Waals surface area contributed by atoms with E-state index in [9.17, 15) is 14.4 Å². The average molecular weight is 398 g/mol. The van der Waals surface area contributed by atoms with Crippen LogP contribution in [0.3, 0.4) is 0 Å². The van der Waals surface area contributed by atoms with Gasteiger partial charge in [-0.1, -0.05) is 0 Å². The highest BCUT2D eigenvalue weighted by molar-refractivity contribution is 5.96. The third kappa shape index (κ3) is 5.04. The van der Waals surface area contributed by atoms with Gasteiger partial charge in [-0.3, -0.25) is 4.79 Å². The molecule has 154 valence electrons. The highest BCUT2D eigenvalue weighted by Crippen LogP contribution is 2.38. The lowest BCUT2D eigenvalue weighted by Gasteiger charge is -2.10. The normalized spacial score (nSPS) is 13.3. The minimum absolute atomic E-state index is 0.204. The lowest BCUT2D eigenvalue weighted by molar-refractivity contribution is -0.119. The summed E-state index contributed by atoms with van der Waals surface area (Å²) in [6.07, 6.45) is 2.05. The molecular formula is C22H26N2O5. The second-order valence-corrected chi connectivity index (χ2v) is 7.54. The number of aryl methyl sites for hydroxylation is 1. The maximum atomic E-state index is 12.4. The van der Waals surface area contributed by atoms with Gasteiger partial charge in [0.05, 0.1) is 17.2 Å². The van der Waals surface area contributed by atoms with Crippen molar-refractivity contribution in [2.24, 2.45) is 0 Å². The van der Waals surface area contributed by atoms with Gasteiger partial charge in [-0.15, -0.1) is 0 Å². The van der Waals surface area contributed by atoms with Crippen LogP contribution in [0, 0.1) is 13.8 Å². The van der Waals surface area contributed by atoms with Gasteiger partial charge in [0.15, 0.2) is 6.61 Å². The zero-order valence-corrected chi connectivity index (χ0v) is 17.2. The van der Waals surface area contributed by atoms with Gasteiger partial charge in [0.25, 0.3) is 5.91 Å². The quantitative estimate of drug-likeness (QED) is 0.717. The Hall–Kier alpha value is -3.09. The summed E-state index contributed by atoms with van der Waals surface area (Å²) in [4.78, 5) is 36.3. The number of hydrogen-bond donors (Lipinski definition) is 1. The molecule has 7 nitrogen and oxygen atoms in total. The van der Waals surface area contributed by atoms with Crippen LogP contribution in [0.25, 0.3) is 0 Å². The molecule has 1 amide bonds. The fourth-order valence-corrected chi connectivity index (χ4v) is 3.26. The molecule has 2 aromatic rings. The molecule has 1 saturated carbocycles. The summed E-state index contributed by atoms with van der Waals surface area (Å²) in [6.45, 7) is 7.03. The predicted octanol–water partition coefficient (Wildman–Crippen LogP) is 3.80. The second-order valence-electron chi connectivity index (χ2n) is 7.54. The molecule has 1 N–H and O–H groups in total. The van der Waals surface area contributed by atoms with Gasteiger partial charge in [-0.05, 0) is 70.9 Å². The topological polar surface area (TPSA) is 86.6 Å². The first kappa shape index (κ1) is 20.6. The average Bonchev–Trinajstić information content (AvgIpc) is 3.44. The van der Waals surface area contributed by atoms with Crippen LogP contribution in [0.1, 0.15) is 64.8 Å². The zero-order chi connectivity index (χ0) is 21.1. The highest BCUT2D eigenvalue weighted by Gasteiger charge is 2.28. The van der Waals surface area contributed by atoms with Crippen molar-refractivity contribution in [3.8, 4) is 0 Å². The number of carbonyl (C=O) groups is 3. The molecule has 0 atom stereocenters.